The number of carbonyl (C=O) groups is 1. The quantitative estimate of drug-likeness (QED) is 0.223. The molecule has 0 saturated carbocycles. The number of rotatable bonds is 14. The lowest BCUT2D eigenvalue weighted by Gasteiger charge is -2.20. The number of ether oxygens (including phenoxy) is 3. The van der Waals surface area contributed by atoms with Crippen LogP contribution in [-0.4, -0.2) is 84.4 Å². The van der Waals surface area contributed by atoms with E-state index in [0.717, 1.165) is 26.1 Å². The summed E-state index contributed by atoms with van der Waals surface area (Å²) in [5, 5.41) is 13.4. The van der Waals surface area contributed by atoms with Gasteiger partial charge < -0.3 is 29.5 Å². The van der Waals surface area contributed by atoms with E-state index in [1.807, 2.05) is 18.4 Å². The second kappa shape index (κ2) is 15.2. The number of thioether (sulfide) groups is 1. The molecular formula is C24H35N5O5S. The van der Waals surface area contributed by atoms with Gasteiger partial charge in [0.05, 0.1) is 32.3 Å². The Hall–Kier alpha value is -2.89. The van der Waals surface area contributed by atoms with E-state index < -0.39 is 5.97 Å². The van der Waals surface area contributed by atoms with Crippen molar-refractivity contribution in [3.8, 4) is 11.5 Å². The van der Waals surface area contributed by atoms with Crippen molar-refractivity contribution >= 4 is 39.6 Å². The number of aromatic nitrogens is 2. The number of benzene rings is 1. The molecule has 0 spiro atoms. The lowest BCUT2D eigenvalue weighted by atomic mass is 10.2. The molecule has 0 fully saturated rings. The summed E-state index contributed by atoms with van der Waals surface area (Å²) < 4.78 is 16.7. The molecular weight excluding hydrogens is 470 g/mol. The van der Waals surface area contributed by atoms with E-state index in [1.54, 1.807) is 27.2 Å². The topological polar surface area (TPSA) is 118 Å². The molecule has 192 valence electrons. The molecule has 0 saturated heterocycles. The van der Waals surface area contributed by atoms with Gasteiger partial charge in [-0.15, -0.1) is 0 Å². The number of amidine groups is 1. The van der Waals surface area contributed by atoms with Crippen LogP contribution >= 0.6 is 11.8 Å². The Morgan fingerprint density at radius 2 is 2.03 bits per heavy atom. The highest BCUT2D eigenvalue weighted by Gasteiger charge is 2.13. The number of fused-ring (bicyclic) bond motifs is 1. The minimum absolute atomic E-state index is 0.127. The summed E-state index contributed by atoms with van der Waals surface area (Å²) in [5.74, 6) is 0.691. The average molecular weight is 506 g/mol. The lowest BCUT2D eigenvalue weighted by molar-refractivity contribution is -0.136. The fourth-order valence-corrected chi connectivity index (χ4v) is 3.68. The second-order valence-electron chi connectivity index (χ2n) is 7.48. The first-order chi connectivity index (χ1) is 16.9. The Labute approximate surface area is 210 Å². The summed E-state index contributed by atoms with van der Waals surface area (Å²) in [4.78, 5) is 26.7. The van der Waals surface area contributed by atoms with E-state index in [4.69, 9.17) is 19.3 Å². The fraction of sp³-hybridized carbons (Fsp3) is 0.500. The first-order valence-corrected chi connectivity index (χ1v) is 12.6. The third kappa shape index (κ3) is 9.00. The third-order valence-corrected chi connectivity index (χ3v) is 5.77. The highest BCUT2D eigenvalue weighted by atomic mass is 32.2. The summed E-state index contributed by atoms with van der Waals surface area (Å²) in [7, 11) is 3.30. The van der Waals surface area contributed by atoms with Crippen molar-refractivity contribution in [1.82, 2.24) is 20.2 Å². The molecule has 11 heteroatoms. The molecule has 35 heavy (non-hydrogen) atoms. The van der Waals surface area contributed by atoms with Crippen LogP contribution in [0, 0.1) is 0 Å². The molecule has 0 aliphatic carbocycles. The Kier molecular flexibility index (Phi) is 12.3. The Morgan fingerprint density at radius 1 is 1.23 bits per heavy atom. The number of allylic oxidation sites excluding steroid dienone is 1. The first kappa shape index (κ1) is 28.3. The smallest absolute Gasteiger partial charge is 0.309 e. The van der Waals surface area contributed by atoms with Crippen LogP contribution < -0.4 is 14.8 Å². The Morgan fingerprint density at radius 3 is 2.66 bits per heavy atom. The van der Waals surface area contributed by atoms with E-state index >= 15 is 0 Å². The van der Waals surface area contributed by atoms with Crippen molar-refractivity contribution in [2.24, 2.45) is 4.99 Å². The van der Waals surface area contributed by atoms with E-state index in [-0.39, 0.29) is 6.42 Å². The summed E-state index contributed by atoms with van der Waals surface area (Å²) in [6, 6.07) is 3.64. The molecule has 0 radical (unpaired) electrons. The number of hydrogen-bond donors (Lipinski definition) is 2. The molecule has 2 aromatic rings. The van der Waals surface area contributed by atoms with Crippen LogP contribution in [0.25, 0.3) is 10.9 Å². The Balaban J connectivity index is 2.21. The number of aliphatic imine (C=N–C) groups is 1. The van der Waals surface area contributed by atoms with Gasteiger partial charge in [-0.25, -0.2) is 15.0 Å². The minimum atomic E-state index is -0.923. The molecule has 10 nitrogen and oxygen atoms in total. The van der Waals surface area contributed by atoms with E-state index in [9.17, 15) is 4.79 Å². The van der Waals surface area contributed by atoms with Crippen LogP contribution in [0.1, 0.15) is 26.7 Å². The van der Waals surface area contributed by atoms with Gasteiger partial charge in [-0.1, -0.05) is 24.8 Å². The standard InChI is InChI=1S/C24H35N5O5S/c1-6-17(13-22(30)31)27-24(35-5)28-23-18-14-20(33-4)21(15-19(18)25-16-26-23)34-11-8-9-29(7-2)10-12-32-3/h6,14-16H,7-13H2,1-5H3,(H,30,31)(H,25,26,27,28)/b17-6+. The van der Waals surface area contributed by atoms with Gasteiger partial charge in [0.15, 0.2) is 22.5 Å². The zero-order valence-electron chi connectivity index (χ0n) is 21.0. The normalized spacial score (nSPS) is 12.3. The number of likely N-dealkylation sites (N-methyl/N-ethyl adjacent to an activating group) is 1. The number of nitrogens with zero attached hydrogens (tertiary/aromatic N) is 4. The third-order valence-electron chi connectivity index (χ3n) is 5.19. The van der Waals surface area contributed by atoms with E-state index in [1.165, 1.54) is 18.1 Å². The maximum Gasteiger partial charge on any atom is 0.309 e. The van der Waals surface area contributed by atoms with Crippen molar-refractivity contribution in [3.63, 3.8) is 0 Å². The van der Waals surface area contributed by atoms with Crippen LogP contribution in [0.2, 0.25) is 0 Å². The zero-order valence-corrected chi connectivity index (χ0v) is 21.9. The maximum atomic E-state index is 11.1. The Bertz CT molecular complexity index is 1030. The van der Waals surface area contributed by atoms with Gasteiger partial charge >= 0.3 is 5.97 Å². The van der Waals surface area contributed by atoms with Gasteiger partial charge in [0.1, 0.15) is 6.33 Å². The van der Waals surface area contributed by atoms with E-state index in [2.05, 4.69) is 32.1 Å². The van der Waals surface area contributed by atoms with Gasteiger partial charge in [0.25, 0.3) is 0 Å². The number of carboxylic acids is 1. The monoisotopic (exact) mass is 505 g/mol. The number of aliphatic carboxylic acids is 1. The number of carboxylic acid groups (broad SMARTS) is 1. The number of hydrogen-bond acceptors (Lipinski definition) is 9. The highest BCUT2D eigenvalue weighted by molar-refractivity contribution is 8.13. The second-order valence-corrected chi connectivity index (χ2v) is 8.27. The summed E-state index contributed by atoms with van der Waals surface area (Å²) in [6.07, 6.45) is 5.74. The summed E-state index contributed by atoms with van der Waals surface area (Å²) in [5.41, 5.74) is 1.21. The van der Waals surface area contributed by atoms with Crippen molar-refractivity contribution in [2.75, 3.05) is 53.3 Å². The van der Waals surface area contributed by atoms with Crippen LogP contribution in [0.5, 0.6) is 11.5 Å². The maximum absolute atomic E-state index is 11.1. The van der Waals surface area contributed by atoms with Gasteiger partial charge in [-0.3, -0.25) is 4.79 Å². The van der Waals surface area contributed by atoms with Gasteiger partial charge in [0, 0.05) is 37.3 Å². The lowest BCUT2D eigenvalue weighted by Crippen LogP contribution is -2.29. The predicted octanol–water partition coefficient (Wildman–Crippen LogP) is 3.69. The molecule has 0 atom stereocenters. The molecule has 2 rings (SSSR count). The molecule has 0 unspecified atom stereocenters. The van der Waals surface area contributed by atoms with Crippen LogP contribution in [0.15, 0.2) is 35.2 Å². The molecule has 0 aliphatic heterocycles. The average Bonchev–Trinajstić information content (AvgIpc) is 2.86. The first-order valence-electron chi connectivity index (χ1n) is 11.4. The van der Waals surface area contributed by atoms with Crippen LogP contribution in [-0.2, 0) is 9.53 Å². The zero-order chi connectivity index (χ0) is 25.6. The minimum Gasteiger partial charge on any atom is -0.493 e. The van der Waals surface area contributed by atoms with Crippen molar-refractivity contribution < 1.29 is 24.1 Å². The molecule has 1 aromatic carbocycles. The fourth-order valence-electron chi connectivity index (χ4n) is 3.27. The molecule has 2 N–H and O–H groups in total. The van der Waals surface area contributed by atoms with Crippen molar-refractivity contribution in [2.45, 2.75) is 26.7 Å². The van der Waals surface area contributed by atoms with E-state index in [0.29, 0.717) is 52.3 Å². The summed E-state index contributed by atoms with van der Waals surface area (Å²) >= 11 is 1.36. The molecule has 0 aliphatic rings. The van der Waals surface area contributed by atoms with Crippen molar-refractivity contribution in [3.05, 3.63) is 30.2 Å². The highest BCUT2D eigenvalue weighted by Crippen LogP contribution is 2.35. The van der Waals surface area contributed by atoms with Crippen LogP contribution in [0.3, 0.4) is 0 Å². The predicted molar refractivity (Wildman–Crippen MR) is 140 cm³/mol. The SMILES string of the molecule is C/C=C(\CC(=O)O)NC(=Nc1ncnc2cc(OCCCN(CC)CCOC)c(OC)cc12)SC. The van der Waals surface area contributed by atoms with Crippen molar-refractivity contribution in [1.29, 1.82) is 0 Å². The molecule has 0 amide bonds. The van der Waals surface area contributed by atoms with Gasteiger partial charge in [0.2, 0.25) is 0 Å². The molecule has 1 heterocycles. The number of nitrogens with one attached hydrogen (secondary N) is 1. The molecule has 1 aromatic heterocycles. The van der Waals surface area contributed by atoms with Gasteiger partial charge in [-0.2, -0.15) is 0 Å². The summed E-state index contributed by atoms with van der Waals surface area (Å²) in [6.45, 7) is 7.92. The molecule has 0 bridgehead atoms. The largest absolute Gasteiger partial charge is 0.493 e. The van der Waals surface area contributed by atoms with Crippen LogP contribution in [0.4, 0.5) is 5.82 Å². The van der Waals surface area contributed by atoms with Gasteiger partial charge in [-0.05, 0) is 32.2 Å². The number of methoxy groups -OCH3 is 2.